The number of rotatable bonds is 7. The summed E-state index contributed by atoms with van der Waals surface area (Å²) >= 11 is 3.40. The van der Waals surface area contributed by atoms with Gasteiger partial charge in [0.1, 0.15) is 12.3 Å². The van der Waals surface area contributed by atoms with Gasteiger partial charge in [-0.1, -0.05) is 18.2 Å². The molecule has 0 radical (unpaired) electrons. The van der Waals surface area contributed by atoms with Gasteiger partial charge in [-0.2, -0.15) is 15.4 Å². The third-order valence-corrected chi connectivity index (χ3v) is 6.20. The first-order valence-corrected chi connectivity index (χ1v) is 12.1. The maximum Gasteiger partial charge on any atom is 0.280 e. The lowest BCUT2D eigenvalue weighted by atomic mass is 10.1. The van der Waals surface area contributed by atoms with E-state index < -0.39 is 40.7 Å². The zero-order valence-electron chi connectivity index (χ0n) is 20.3. The van der Waals surface area contributed by atoms with Crippen LogP contribution in [-0.2, 0) is 11.4 Å². The molecule has 0 saturated heterocycles. The maximum atomic E-state index is 14.3. The van der Waals surface area contributed by atoms with Crippen molar-refractivity contribution < 1.29 is 36.2 Å². The van der Waals surface area contributed by atoms with Crippen molar-refractivity contribution in [1.82, 2.24) is 0 Å². The van der Waals surface area contributed by atoms with Crippen LogP contribution in [0.2, 0.25) is 0 Å². The Morgan fingerprint density at radius 2 is 1.67 bits per heavy atom. The molecule has 0 unspecified atom stereocenters. The van der Waals surface area contributed by atoms with Crippen LogP contribution in [0.3, 0.4) is 0 Å². The summed E-state index contributed by atoms with van der Waals surface area (Å²) in [4.78, 5) is 13.0. The smallest absolute Gasteiger partial charge is 0.280 e. The van der Waals surface area contributed by atoms with Crippen molar-refractivity contribution in [3.8, 4) is 17.6 Å². The van der Waals surface area contributed by atoms with Gasteiger partial charge in [0, 0.05) is 5.56 Å². The molecule has 0 aliphatic carbocycles. The molecular formula is C27H17BrF5N3O3. The Morgan fingerprint density at radius 1 is 1.03 bits per heavy atom. The first-order valence-electron chi connectivity index (χ1n) is 11.3. The zero-order valence-corrected chi connectivity index (χ0v) is 21.9. The molecular weight excluding hydrogens is 589 g/mol. The summed E-state index contributed by atoms with van der Waals surface area (Å²) in [5, 5.41) is 13.2. The molecule has 0 fully saturated rings. The highest BCUT2D eigenvalue weighted by Gasteiger charge is 2.37. The number of hydrazone groups is 1. The molecule has 39 heavy (non-hydrogen) atoms. The number of carbonyl (C=O) groups is 1. The molecule has 6 nitrogen and oxygen atoms in total. The fraction of sp³-hybridized carbons (Fsp3) is 0.148. The molecule has 3 aromatic carbocycles. The largest absolute Gasteiger partial charge is 0.490 e. The van der Waals surface area contributed by atoms with Crippen molar-refractivity contribution in [3.63, 3.8) is 0 Å². The summed E-state index contributed by atoms with van der Waals surface area (Å²) in [6.45, 7) is 3.40. The van der Waals surface area contributed by atoms with E-state index in [1.807, 2.05) is 0 Å². The number of ether oxygens (including phenoxy) is 2. The van der Waals surface area contributed by atoms with E-state index in [4.69, 9.17) is 9.47 Å². The summed E-state index contributed by atoms with van der Waals surface area (Å²) in [5.74, 6) is -11.6. The van der Waals surface area contributed by atoms with Crippen LogP contribution in [0.5, 0.6) is 11.5 Å². The average molecular weight is 606 g/mol. The molecule has 1 aliphatic rings. The normalized spacial score (nSPS) is 14.0. The van der Waals surface area contributed by atoms with Crippen molar-refractivity contribution >= 4 is 39.3 Å². The summed E-state index contributed by atoms with van der Waals surface area (Å²) in [7, 11) is 0. The number of halogens is 6. The van der Waals surface area contributed by atoms with Crippen molar-refractivity contribution in [2.75, 3.05) is 11.6 Å². The van der Waals surface area contributed by atoms with Crippen LogP contribution >= 0.6 is 15.9 Å². The molecule has 1 amide bonds. The SMILES string of the molecule is CCOc1cc(/C=C2/C(=O)N(c3c(F)c(F)c(F)c(F)c3F)N=C2C)cc(Br)c1OCc1ccccc1C#N. The molecule has 3 aromatic rings. The van der Waals surface area contributed by atoms with E-state index in [9.17, 15) is 32.0 Å². The number of benzene rings is 3. The number of carbonyl (C=O) groups excluding carboxylic acids is 1. The van der Waals surface area contributed by atoms with E-state index >= 15 is 0 Å². The fourth-order valence-corrected chi connectivity index (χ4v) is 4.34. The predicted octanol–water partition coefficient (Wildman–Crippen LogP) is 6.80. The number of anilines is 1. The first kappa shape index (κ1) is 27.8. The standard InChI is InChI=1S/C27H17BrF5N3O3/c1-3-38-19-10-14(9-18(28)26(19)39-12-16-7-5-4-6-15(16)11-34)8-17-13(2)35-36(27(17)37)25-23(32)21(30)20(29)22(31)24(25)33/h4-10H,3,12H2,1-2H3/b17-8+. The van der Waals surface area contributed by atoms with Gasteiger partial charge >= 0.3 is 0 Å². The predicted molar refractivity (Wildman–Crippen MR) is 136 cm³/mol. The Labute approximate surface area is 227 Å². The molecule has 0 bridgehead atoms. The number of hydrogen-bond donors (Lipinski definition) is 0. The molecule has 0 atom stereocenters. The number of nitriles is 1. The summed E-state index contributed by atoms with van der Waals surface area (Å²) < 4.78 is 81.6. The van der Waals surface area contributed by atoms with E-state index in [1.54, 1.807) is 37.3 Å². The Kier molecular flexibility index (Phi) is 8.01. The van der Waals surface area contributed by atoms with Gasteiger partial charge in [0.05, 0.1) is 34.0 Å². The van der Waals surface area contributed by atoms with Crippen molar-refractivity contribution in [2.24, 2.45) is 5.10 Å². The van der Waals surface area contributed by atoms with Gasteiger partial charge in [-0.15, -0.1) is 0 Å². The van der Waals surface area contributed by atoms with Crippen LogP contribution in [0.4, 0.5) is 27.6 Å². The zero-order chi connectivity index (χ0) is 28.4. The number of amides is 1. The Hall–Kier alpha value is -4.24. The highest BCUT2D eigenvalue weighted by Crippen LogP contribution is 2.39. The van der Waals surface area contributed by atoms with E-state index in [0.717, 1.165) is 0 Å². The molecule has 0 aromatic heterocycles. The summed E-state index contributed by atoms with van der Waals surface area (Å²) in [6.07, 6.45) is 1.33. The Bertz CT molecular complexity index is 1570. The highest BCUT2D eigenvalue weighted by atomic mass is 79.9. The van der Waals surface area contributed by atoms with Crippen molar-refractivity contribution in [2.45, 2.75) is 20.5 Å². The third-order valence-electron chi connectivity index (χ3n) is 5.61. The van der Waals surface area contributed by atoms with Gasteiger partial charge in [-0.05, 0) is 59.6 Å². The van der Waals surface area contributed by atoms with Crippen LogP contribution in [0.1, 0.15) is 30.5 Å². The molecule has 0 N–H and O–H groups in total. The monoisotopic (exact) mass is 605 g/mol. The van der Waals surface area contributed by atoms with Gasteiger partial charge in [-0.3, -0.25) is 4.79 Å². The summed E-state index contributed by atoms with van der Waals surface area (Å²) in [6, 6.07) is 12.1. The second-order valence-corrected chi connectivity index (χ2v) is 8.95. The quantitative estimate of drug-likeness (QED) is 0.128. The van der Waals surface area contributed by atoms with E-state index in [0.29, 0.717) is 26.9 Å². The highest BCUT2D eigenvalue weighted by molar-refractivity contribution is 9.10. The van der Waals surface area contributed by atoms with Crippen LogP contribution in [0, 0.1) is 40.4 Å². The lowest BCUT2D eigenvalue weighted by Crippen LogP contribution is -2.25. The lowest BCUT2D eigenvalue weighted by molar-refractivity contribution is -0.114. The molecule has 12 heteroatoms. The number of hydrogen-bond acceptors (Lipinski definition) is 5. The maximum absolute atomic E-state index is 14.3. The summed E-state index contributed by atoms with van der Waals surface area (Å²) in [5.41, 5.74) is -0.168. The topological polar surface area (TPSA) is 74.9 Å². The van der Waals surface area contributed by atoms with Crippen molar-refractivity contribution in [3.05, 3.63) is 92.2 Å². The average Bonchev–Trinajstić information content (AvgIpc) is 3.19. The minimum atomic E-state index is -2.34. The Morgan fingerprint density at radius 3 is 2.31 bits per heavy atom. The molecule has 4 rings (SSSR count). The van der Waals surface area contributed by atoms with E-state index in [2.05, 4.69) is 27.1 Å². The van der Waals surface area contributed by atoms with E-state index in [-0.39, 0.29) is 35.3 Å². The first-order chi connectivity index (χ1) is 18.6. The van der Waals surface area contributed by atoms with Gasteiger partial charge < -0.3 is 9.47 Å². The van der Waals surface area contributed by atoms with Crippen LogP contribution in [0.15, 0.2) is 51.5 Å². The van der Waals surface area contributed by atoms with E-state index in [1.165, 1.54) is 19.1 Å². The number of nitrogens with zero attached hydrogens (tertiary/aromatic N) is 3. The molecule has 0 spiro atoms. The van der Waals surface area contributed by atoms with Gasteiger partial charge in [0.15, 0.2) is 34.8 Å². The third kappa shape index (κ3) is 5.22. The van der Waals surface area contributed by atoms with Gasteiger partial charge in [0.25, 0.3) is 5.91 Å². The van der Waals surface area contributed by atoms with Gasteiger partial charge in [0.2, 0.25) is 5.82 Å². The van der Waals surface area contributed by atoms with Crippen LogP contribution < -0.4 is 14.5 Å². The van der Waals surface area contributed by atoms with Crippen molar-refractivity contribution in [1.29, 1.82) is 5.26 Å². The van der Waals surface area contributed by atoms with Crippen LogP contribution in [0.25, 0.3) is 6.08 Å². The second kappa shape index (κ2) is 11.2. The molecule has 1 heterocycles. The minimum Gasteiger partial charge on any atom is -0.490 e. The fourth-order valence-electron chi connectivity index (χ4n) is 3.76. The lowest BCUT2D eigenvalue weighted by Gasteiger charge is -2.16. The molecule has 0 saturated carbocycles. The second-order valence-electron chi connectivity index (χ2n) is 8.10. The molecule has 1 aliphatic heterocycles. The Balaban J connectivity index is 1.68. The molecule has 200 valence electrons. The van der Waals surface area contributed by atoms with Crippen LogP contribution in [-0.4, -0.2) is 18.2 Å². The minimum absolute atomic E-state index is 0.0218. The van der Waals surface area contributed by atoms with Gasteiger partial charge in [-0.25, -0.2) is 22.0 Å².